The third-order valence-corrected chi connectivity index (χ3v) is 5.35. The van der Waals surface area contributed by atoms with Crippen molar-refractivity contribution in [2.24, 2.45) is 0 Å². The molecule has 2 heterocycles. The molecule has 1 aliphatic heterocycles. The minimum absolute atomic E-state index is 0.139. The summed E-state index contributed by atoms with van der Waals surface area (Å²) in [6, 6.07) is 19.4. The van der Waals surface area contributed by atoms with E-state index in [9.17, 15) is 14.4 Å². The first-order valence-electron chi connectivity index (χ1n) is 10.3. The van der Waals surface area contributed by atoms with E-state index in [1.165, 1.54) is 4.90 Å². The number of rotatable bonds is 8. The maximum absolute atomic E-state index is 13.1. The molecular weight excluding hydrogens is 406 g/mol. The van der Waals surface area contributed by atoms with E-state index in [0.717, 1.165) is 11.3 Å². The highest BCUT2D eigenvalue weighted by Gasteiger charge is 2.34. The zero-order valence-corrected chi connectivity index (χ0v) is 17.7. The van der Waals surface area contributed by atoms with Crippen LogP contribution in [0, 0.1) is 0 Å². The second-order valence-corrected chi connectivity index (χ2v) is 7.48. The summed E-state index contributed by atoms with van der Waals surface area (Å²) in [5.41, 5.74) is 2.92. The number of imide groups is 1. The number of nitrogens with zero attached hydrogens (tertiary/aromatic N) is 3. The van der Waals surface area contributed by atoms with Crippen molar-refractivity contribution in [2.45, 2.75) is 13.1 Å². The Kier molecular flexibility index (Phi) is 6.37. The van der Waals surface area contributed by atoms with Gasteiger partial charge in [0.15, 0.2) is 0 Å². The summed E-state index contributed by atoms with van der Waals surface area (Å²) in [6.07, 6.45) is 1.70. The van der Waals surface area contributed by atoms with Crippen molar-refractivity contribution in [2.75, 3.05) is 20.3 Å². The Morgan fingerprint density at radius 1 is 0.938 bits per heavy atom. The molecule has 7 nitrogen and oxygen atoms in total. The number of hydrogen-bond acceptors (Lipinski definition) is 5. The van der Waals surface area contributed by atoms with E-state index in [0.29, 0.717) is 36.4 Å². The number of ether oxygens (including phenoxy) is 1. The van der Waals surface area contributed by atoms with E-state index >= 15 is 0 Å². The molecule has 0 atom stereocenters. The minimum Gasteiger partial charge on any atom is -0.383 e. The molecule has 3 aromatic rings. The lowest BCUT2D eigenvalue weighted by Crippen LogP contribution is -2.33. The summed E-state index contributed by atoms with van der Waals surface area (Å²) in [4.78, 5) is 45.5. The van der Waals surface area contributed by atoms with E-state index in [-0.39, 0.29) is 24.3 Å². The molecule has 0 radical (unpaired) electrons. The molecule has 0 fully saturated rings. The largest absolute Gasteiger partial charge is 0.383 e. The van der Waals surface area contributed by atoms with Crippen LogP contribution < -0.4 is 0 Å². The fourth-order valence-electron chi connectivity index (χ4n) is 3.64. The van der Waals surface area contributed by atoms with Gasteiger partial charge in [-0.3, -0.25) is 24.3 Å². The summed E-state index contributed by atoms with van der Waals surface area (Å²) in [6.45, 7) is 1.38. The van der Waals surface area contributed by atoms with Crippen LogP contribution in [0.2, 0.25) is 0 Å². The monoisotopic (exact) mass is 429 g/mol. The molecule has 0 saturated heterocycles. The molecule has 0 bridgehead atoms. The number of pyridine rings is 1. The van der Waals surface area contributed by atoms with Gasteiger partial charge in [-0.05, 0) is 42.0 Å². The van der Waals surface area contributed by atoms with Crippen LogP contribution in [0.15, 0.2) is 72.9 Å². The highest BCUT2D eigenvalue weighted by atomic mass is 16.5. The zero-order chi connectivity index (χ0) is 22.5. The predicted octanol–water partition coefficient (Wildman–Crippen LogP) is 3.17. The van der Waals surface area contributed by atoms with Gasteiger partial charge in [0, 0.05) is 25.4 Å². The Hall–Kier alpha value is -3.84. The van der Waals surface area contributed by atoms with Crippen molar-refractivity contribution in [3.63, 3.8) is 0 Å². The first-order valence-corrected chi connectivity index (χ1v) is 10.3. The van der Waals surface area contributed by atoms with Gasteiger partial charge in [0.05, 0.1) is 36.5 Å². The van der Waals surface area contributed by atoms with Gasteiger partial charge < -0.3 is 9.64 Å². The van der Waals surface area contributed by atoms with Crippen LogP contribution in [0.3, 0.4) is 0 Å². The molecule has 0 N–H and O–H groups in total. The molecule has 3 amide bonds. The number of methoxy groups -OCH3 is 1. The lowest BCUT2D eigenvalue weighted by Gasteiger charge is -2.22. The van der Waals surface area contributed by atoms with Crippen molar-refractivity contribution < 1.29 is 19.1 Å². The second kappa shape index (κ2) is 9.53. The maximum atomic E-state index is 13.1. The van der Waals surface area contributed by atoms with Gasteiger partial charge in [-0.1, -0.05) is 30.3 Å². The third kappa shape index (κ3) is 4.43. The van der Waals surface area contributed by atoms with E-state index in [4.69, 9.17) is 4.74 Å². The smallest absolute Gasteiger partial charge is 0.261 e. The van der Waals surface area contributed by atoms with Gasteiger partial charge in [0.2, 0.25) is 0 Å². The van der Waals surface area contributed by atoms with Crippen molar-refractivity contribution in [1.82, 2.24) is 14.8 Å². The Bertz CT molecular complexity index is 1090. The highest BCUT2D eigenvalue weighted by molar-refractivity contribution is 6.21. The number of fused-ring (bicyclic) bond motifs is 1. The van der Waals surface area contributed by atoms with Crippen LogP contribution in [0.1, 0.15) is 42.3 Å². The molecule has 7 heteroatoms. The second-order valence-electron chi connectivity index (χ2n) is 7.48. The van der Waals surface area contributed by atoms with Crippen molar-refractivity contribution in [1.29, 1.82) is 0 Å². The average Bonchev–Trinajstić information content (AvgIpc) is 3.07. The Balaban J connectivity index is 1.47. The third-order valence-electron chi connectivity index (χ3n) is 5.35. The fourth-order valence-corrected chi connectivity index (χ4v) is 3.64. The topological polar surface area (TPSA) is 79.8 Å². The SMILES string of the molecule is COCCN(Cc1ccccn1)C(=O)c1ccc(CN2C(=O)c3ccccc3C2=O)cc1. The van der Waals surface area contributed by atoms with Crippen LogP contribution >= 0.6 is 0 Å². The number of carbonyl (C=O) groups excluding carboxylic acids is 3. The molecule has 0 unspecified atom stereocenters. The molecule has 0 saturated carbocycles. The van der Waals surface area contributed by atoms with Crippen LogP contribution in [0.4, 0.5) is 0 Å². The van der Waals surface area contributed by atoms with Gasteiger partial charge in [-0.15, -0.1) is 0 Å². The zero-order valence-electron chi connectivity index (χ0n) is 17.7. The first-order chi connectivity index (χ1) is 15.6. The van der Waals surface area contributed by atoms with Crippen LogP contribution in [0.5, 0.6) is 0 Å². The molecular formula is C25H23N3O4. The van der Waals surface area contributed by atoms with Gasteiger partial charge >= 0.3 is 0 Å². The minimum atomic E-state index is -0.299. The number of aromatic nitrogens is 1. The predicted molar refractivity (Wildman–Crippen MR) is 118 cm³/mol. The summed E-state index contributed by atoms with van der Waals surface area (Å²) < 4.78 is 5.15. The average molecular weight is 429 g/mol. The van der Waals surface area contributed by atoms with E-state index < -0.39 is 0 Å². The van der Waals surface area contributed by atoms with Crippen LogP contribution in [-0.2, 0) is 17.8 Å². The van der Waals surface area contributed by atoms with Crippen molar-refractivity contribution >= 4 is 17.7 Å². The molecule has 0 aliphatic carbocycles. The summed E-state index contributed by atoms with van der Waals surface area (Å²) >= 11 is 0. The normalized spacial score (nSPS) is 12.7. The van der Waals surface area contributed by atoms with Crippen molar-refractivity contribution in [3.05, 3.63) is 101 Å². The number of amides is 3. The molecule has 162 valence electrons. The molecule has 4 rings (SSSR count). The highest BCUT2D eigenvalue weighted by Crippen LogP contribution is 2.24. The number of benzene rings is 2. The number of carbonyl (C=O) groups is 3. The molecule has 0 spiro atoms. The Labute approximate surface area is 186 Å². The summed E-state index contributed by atoms with van der Waals surface area (Å²) in [5, 5.41) is 0. The van der Waals surface area contributed by atoms with Crippen molar-refractivity contribution in [3.8, 4) is 0 Å². The van der Waals surface area contributed by atoms with E-state index in [2.05, 4.69) is 4.98 Å². The van der Waals surface area contributed by atoms with E-state index in [1.807, 2.05) is 18.2 Å². The van der Waals surface area contributed by atoms with Crippen LogP contribution in [0.25, 0.3) is 0 Å². The van der Waals surface area contributed by atoms with Gasteiger partial charge in [-0.25, -0.2) is 0 Å². The van der Waals surface area contributed by atoms with Crippen LogP contribution in [-0.4, -0.2) is 52.8 Å². The fraction of sp³-hybridized carbons (Fsp3) is 0.200. The molecule has 1 aliphatic rings. The maximum Gasteiger partial charge on any atom is 0.261 e. The molecule has 1 aromatic heterocycles. The molecule has 32 heavy (non-hydrogen) atoms. The van der Waals surface area contributed by atoms with E-state index in [1.54, 1.807) is 66.7 Å². The lowest BCUT2D eigenvalue weighted by molar-refractivity contribution is 0.0639. The quantitative estimate of drug-likeness (QED) is 0.514. The Morgan fingerprint density at radius 3 is 2.19 bits per heavy atom. The molecule has 2 aromatic carbocycles. The number of hydrogen-bond donors (Lipinski definition) is 0. The Morgan fingerprint density at radius 2 is 1.59 bits per heavy atom. The lowest BCUT2D eigenvalue weighted by atomic mass is 10.1. The summed E-state index contributed by atoms with van der Waals surface area (Å²) in [7, 11) is 1.59. The first kappa shape index (κ1) is 21.4. The standard InChI is InChI=1S/C25H23N3O4/c1-32-15-14-27(17-20-6-4-5-13-26-20)23(29)19-11-9-18(10-12-19)16-28-24(30)21-7-2-3-8-22(21)25(28)31/h2-13H,14-17H2,1H3. The van der Waals surface area contributed by atoms with Gasteiger partial charge in [0.1, 0.15) is 0 Å². The summed E-state index contributed by atoms with van der Waals surface area (Å²) in [5.74, 6) is -0.737. The van der Waals surface area contributed by atoms with Gasteiger partial charge in [0.25, 0.3) is 17.7 Å². The van der Waals surface area contributed by atoms with Gasteiger partial charge in [-0.2, -0.15) is 0 Å².